The number of rotatable bonds is 4. The smallest absolute Gasteiger partial charge is 0.373 e. The number of fused-ring (bicyclic) bond motifs is 2. The van der Waals surface area contributed by atoms with Crippen molar-refractivity contribution in [3.8, 4) is 0 Å². The molecule has 168 valence electrons. The molecule has 1 saturated heterocycles. The average Bonchev–Trinajstić information content (AvgIpc) is 3.50. The van der Waals surface area contributed by atoms with Gasteiger partial charge in [0.1, 0.15) is 11.4 Å². The molecule has 0 radical (unpaired) electrons. The highest BCUT2D eigenvalue weighted by atomic mass is 19.4. The second kappa shape index (κ2) is 7.61. The van der Waals surface area contributed by atoms with Crippen molar-refractivity contribution < 1.29 is 18.0 Å². The van der Waals surface area contributed by atoms with Crippen LogP contribution in [0.1, 0.15) is 25.3 Å². The van der Waals surface area contributed by atoms with Gasteiger partial charge in [-0.25, -0.2) is 9.97 Å². The first kappa shape index (κ1) is 20.5. The molecule has 4 atom stereocenters. The van der Waals surface area contributed by atoms with Gasteiger partial charge in [0.15, 0.2) is 0 Å². The summed E-state index contributed by atoms with van der Waals surface area (Å²) in [5.41, 5.74) is 0.0924. The molecule has 0 spiro atoms. The summed E-state index contributed by atoms with van der Waals surface area (Å²) in [4.78, 5) is 24.4. The maximum absolute atomic E-state index is 13.5. The van der Waals surface area contributed by atoms with E-state index < -0.39 is 11.7 Å². The Morgan fingerprint density at radius 1 is 1.19 bits per heavy atom. The number of nitrogens with zero attached hydrogens (tertiary/aromatic N) is 6. The van der Waals surface area contributed by atoms with Crippen LogP contribution in [0.25, 0.3) is 5.70 Å². The second-order valence-corrected chi connectivity index (χ2v) is 8.28. The predicted octanol–water partition coefficient (Wildman–Crippen LogP) is 1.90. The summed E-state index contributed by atoms with van der Waals surface area (Å²) in [6.45, 7) is 2.57. The average molecular weight is 446 g/mol. The van der Waals surface area contributed by atoms with Crippen LogP contribution in [-0.4, -0.2) is 60.4 Å². The van der Waals surface area contributed by atoms with E-state index in [9.17, 15) is 18.0 Å². The zero-order valence-corrected chi connectivity index (χ0v) is 17.1. The Balaban J connectivity index is 1.35. The van der Waals surface area contributed by atoms with E-state index in [2.05, 4.69) is 30.8 Å². The third-order valence-electron chi connectivity index (χ3n) is 6.06. The highest BCUT2D eigenvalue weighted by Gasteiger charge is 2.48. The normalized spacial score (nSPS) is 27.1. The van der Waals surface area contributed by atoms with Crippen molar-refractivity contribution >= 4 is 17.6 Å². The maximum atomic E-state index is 13.5. The molecule has 4 unspecified atom stereocenters. The number of alkyl halides is 3. The minimum Gasteiger partial charge on any atom is -0.373 e. The van der Waals surface area contributed by atoms with E-state index in [4.69, 9.17) is 0 Å². The van der Waals surface area contributed by atoms with E-state index in [1.165, 1.54) is 4.80 Å². The molecule has 2 aromatic rings. The van der Waals surface area contributed by atoms with Crippen LogP contribution in [0.2, 0.25) is 0 Å². The molecule has 12 heteroatoms. The molecular weight excluding hydrogens is 425 g/mol. The van der Waals surface area contributed by atoms with Gasteiger partial charge in [0.05, 0.1) is 24.0 Å². The molecule has 2 aliphatic heterocycles. The van der Waals surface area contributed by atoms with Crippen molar-refractivity contribution in [2.75, 3.05) is 11.9 Å². The summed E-state index contributed by atoms with van der Waals surface area (Å²) in [6, 6.07) is -0.277. The minimum absolute atomic E-state index is 0.0254. The monoisotopic (exact) mass is 446 g/mol. The summed E-state index contributed by atoms with van der Waals surface area (Å²) in [7, 11) is 0. The summed E-state index contributed by atoms with van der Waals surface area (Å²) in [6.07, 6.45) is 5.51. The Kier molecular flexibility index (Phi) is 4.86. The van der Waals surface area contributed by atoms with Crippen LogP contribution < -0.4 is 10.6 Å². The molecule has 3 aliphatic rings. The molecule has 4 heterocycles. The molecule has 2 bridgehead atoms. The number of likely N-dealkylation sites (tertiary alicyclic amines) is 1. The topological polar surface area (TPSA) is 101 Å². The summed E-state index contributed by atoms with van der Waals surface area (Å²) in [5, 5.41) is 14.6. The molecule has 32 heavy (non-hydrogen) atoms. The number of carbonyl (C=O) groups is 1. The number of piperidine rings is 1. The van der Waals surface area contributed by atoms with Gasteiger partial charge < -0.3 is 15.5 Å². The van der Waals surface area contributed by atoms with Crippen molar-refractivity contribution in [1.29, 1.82) is 0 Å². The number of allylic oxidation sites excluding steroid dienone is 2. The molecule has 2 N–H and O–H groups in total. The first-order chi connectivity index (χ1) is 15.3. The van der Waals surface area contributed by atoms with Crippen LogP contribution in [0.15, 0.2) is 42.6 Å². The number of hydrogen-bond acceptors (Lipinski definition) is 7. The van der Waals surface area contributed by atoms with Gasteiger partial charge in [-0.3, -0.25) is 4.79 Å². The van der Waals surface area contributed by atoms with E-state index in [0.29, 0.717) is 23.9 Å². The lowest BCUT2D eigenvalue weighted by molar-refractivity contribution is -0.138. The highest BCUT2D eigenvalue weighted by Crippen LogP contribution is 2.40. The van der Waals surface area contributed by atoms with Crippen molar-refractivity contribution in [3.63, 3.8) is 0 Å². The number of hydrogen-bond donors (Lipinski definition) is 2. The molecular formula is C20H21F3N8O. The first-order valence-corrected chi connectivity index (χ1v) is 10.3. The van der Waals surface area contributed by atoms with E-state index in [0.717, 1.165) is 25.2 Å². The molecule has 2 fully saturated rings. The quantitative estimate of drug-likeness (QED) is 0.740. The van der Waals surface area contributed by atoms with Gasteiger partial charge in [-0.15, -0.1) is 4.80 Å². The number of amides is 1. The van der Waals surface area contributed by atoms with Crippen molar-refractivity contribution in [3.05, 3.63) is 48.2 Å². The van der Waals surface area contributed by atoms with Crippen LogP contribution >= 0.6 is 0 Å². The third-order valence-corrected chi connectivity index (χ3v) is 6.06. The first-order valence-electron chi connectivity index (χ1n) is 10.3. The lowest BCUT2D eigenvalue weighted by Crippen LogP contribution is -2.50. The number of carbonyl (C=O) groups excluding carboxylic acids is 1. The van der Waals surface area contributed by atoms with Gasteiger partial charge in [0, 0.05) is 31.0 Å². The van der Waals surface area contributed by atoms with E-state index >= 15 is 0 Å². The molecule has 5 rings (SSSR count). The number of aromatic nitrogens is 5. The van der Waals surface area contributed by atoms with Gasteiger partial charge in [-0.05, 0) is 31.8 Å². The Morgan fingerprint density at radius 2 is 1.91 bits per heavy atom. The fraction of sp³-hybridized carbons (Fsp3) is 0.450. The number of dihydropyridines is 1. The van der Waals surface area contributed by atoms with Crippen molar-refractivity contribution in [1.82, 2.24) is 35.2 Å². The van der Waals surface area contributed by atoms with E-state index in [1.54, 1.807) is 12.4 Å². The number of anilines is 1. The Labute approximate surface area is 181 Å². The van der Waals surface area contributed by atoms with Crippen LogP contribution in [-0.2, 0) is 11.0 Å². The van der Waals surface area contributed by atoms with Crippen molar-refractivity contribution in [2.24, 2.45) is 5.92 Å². The fourth-order valence-corrected chi connectivity index (χ4v) is 4.62. The molecule has 1 amide bonds. The van der Waals surface area contributed by atoms with E-state index in [-0.39, 0.29) is 30.0 Å². The summed E-state index contributed by atoms with van der Waals surface area (Å²) < 4.78 is 38.3. The molecule has 1 saturated carbocycles. The molecule has 9 nitrogen and oxygen atoms in total. The van der Waals surface area contributed by atoms with Crippen LogP contribution in [0, 0.1) is 5.92 Å². The number of nitrogens with one attached hydrogen (secondary N) is 2. The summed E-state index contributed by atoms with van der Waals surface area (Å²) >= 11 is 0. The van der Waals surface area contributed by atoms with E-state index in [1.807, 2.05) is 24.0 Å². The van der Waals surface area contributed by atoms with Gasteiger partial charge in [0.25, 0.3) is 5.91 Å². The fourth-order valence-electron chi connectivity index (χ4n) is 4.62. The van der Waals surface area contributed by atoms with Gasteiger partial charge in [-0.1, -0.05) is 6.08 Å². The van der Waals surface area contributed by atoms with Crippen LogP contribution in [0.4, 0.5) is 19.1 Å². The second-order valence-electron chi connectivity index (χ2n) is 8.28. The summed E-state index contributed by atoms with van der Waals surface area (Å²) in [5.74, 6) is 0.274. The highest BCUT2D eigenvalue weighted by molar-refractivity contribution is 6.00. The predicted molar refractivity (Wildman–Crippen MR) is 108 cm³/mol. The van der Waals surface area contributed by atoms with Crippen LogP contribution in [0.5, 0.6) is 0 Å². The minimum atomic E-state index is -4.48. The lowest BCUT2D eigenvalue weighted by Gasteiger charge is -2.35. The van der Waals surface area contributed by atoms with Gasteiger partial charge >= 0.3 is 6.18 Å². The Bertz CT molecular complexity index is 1060. The number of halogens is 3. The van der Waals surface area contributed by atoms with Gasteiger partial charge in [-0.2, -0.15) is 23.4 Å². The molecule has 2 aromatic heterocycles. The lowest BCUT2D eigenvalue weighted by atomic mass is 10.0. The Hall–Kier alpha value is -3.44. The zero-order chi connectivity index (χ0) is 22.5. The van der Waals surface area contributed by atoms with Crippen molar-refractivity contribution in [2.45, 2.75) is 44.1 Å². The van der Waals surface area contributed by atoms with Gasteiger partial charge in [0.2, 0.25) is 5.95 Å². The van der Waals surface area contributed by atoms with Crippen LogP contribution in [0.3, 0.4) is 0 Å². The largest absolute Gasteiger partial charge is 0.419 e. The SMILES string of the molecule is CC1C=CC(n2nccn2)=C(C(=O)N2CC3CC(Nc4ncc(C(F)(F)F)cn4)C2C3)N1. The zero-order valence-electron chi connectivity index (χ0n) is 17.1. The standard InChI is InChI=1S/C20H21F3N8O/c1-11-2-3-15(31-26-4-5-27-31)17(28-11)18(32)30-10-12-6-14(16(30)7-12)29-19-24-8-13(9-25-19)20(21,22)23/h2-5,8-9,11-12,14,16,28H,6-7,10H2,1H3,(H,24,25,29). The Morgan fingerprint density at radius 3 is 2.56 bits per heavy atom. The third kappa shape index (κ3) is 3.69. The molecule has 0 aromatic carbocycles. The molecule has 1 aliphatic carbocycles. The maximum Gasteiger partial charge on any atom is 0.419 e.